The molecule has 0 saturated carbocycles. The SMILES string of the molecule is CC(C)Cn1ccnc1NCC1CCOC1. The molecule has 2 heterocycles. The molecule has 0 aromatic carbocycles. The molecule has 1 atom stereocenters. The van der Waals surface area contributed by atoms with Crippen LogP contribution in [0.3, 0.4) is 0 Å². The van der Waals surface area contributed by atoms with Gasteiger partial charge in [0.25, 0.3) is 0 Å². The van der Waals surface area contributed by atoms with Crippen molar-refractivity contribution in [2.75, 3.05) is 25.1 Å². The van der Waals surface area contributed by atoms with Crippen LogP contribution < -0.4 is 5.32 Å². The lowest BCUT2D eigenvalue weighted by molar-refractivity contribution is 0.187. The van der Waals surface area contributed by atoms with Crippen molar-refractivity contribution in [2.45, 2.75) is 26.8 Å². The molecular formula is C12H21N3O. The molecule has 1 aliphatic heterocycles. The highest BCUT2D eigenvalue weighted by molar-refractivity contribution is 5.25. The molecule has 4 heteroatoms. The van der Waals surface area contributed by atoms with Gasteiger partial charge in [0.15, 0.2) is 0 Å². The highest BCUT2D eigenvalue weighted by Crippen LogP contribution is 2.14. The maximum absolute atomic E-state index is 5.35. The average molecular weight is 223 g/mol. The molecule has 1 fully saturated rings. The molecule has 1 aliphatic rings. The zero-order valence-electron chi connectivity index (χ0n) is 10.1. The summed E-state index contributed by atoms with van der Waals surface area (Å²) >= 11 is 0. The molecule has 90 valence electrons. The first kappa shape index (κ1) is 11.5. The van der Waals surface area contributed by atoms with Crippen LogP contribution in [0.15, 0.2) is 12.4 Å². The second-order valence-corrected chi connectivity index (χ2v) is 4.91. The second-order valence-electron chi connectivity index (χ2n) is 4.91. The van der Waals surface area contributed by atoms with Crippen molar-refractivity contribution in [1.82, 2.24) is 9.55 Å². The van der Waals surface area contributed by atoms with E-state index in [0.717, 1.165) is 38.7 Å². The molecule has 1 aromatic rings. The predicted molar refractivity (Wildman–Crippen MR) is 64.5 cm³/mol. The van der Waals surface area contributed by atoms with Crippen LogP contribution >= 0.6 is 0 Å². The Morgan fingerprint density at radius 3 is 3.19 bits per heavy atom. The van der Waals surface area contributed by atoms with Crippen molar-refractivity contribution < 1.29 is 4.74 Å². The van der Waals surface area contributed by atoms with Crippen molar-refractivity contribution in [3.63, 3.8) is 0 Å². The Kier molecular flexibility index (Phi) is 3.83. The predicted octanol–water partition coefficient (Wildman–Crippen LogP) is 1.99. The zero-order chi connectivity index (χ0) is 11.4. The number of aromatic nitrogens is 2. The summed E-state index contributed by atoms with van der Waals surface area (Å²) in [6.07, 6.45) is 5.06. The number of anilines is 1. The summed E-state index contributed by atoms with van der Waals surface area (Å²) in [6, 6.07) is 0. The van der Waals surface area contributed by atoms with Gasteiger partial charge in [-0.05, 0) is 12.3 Å². The largest absolute Gasteiger partial charge is 0.381 e. The molecule has 0 amide bonds. The normalized spacial score (nSPS) is 20.6. The van der Waals surface area contributed by atoms with Crippen molar-refractivity contribution in [2.24, 2.45) is 11.8 Å². The molecule has 0 radical (unpaired) electrons. The van der Waals surface area contributed by atoms with E-state index in [1.165, 1.54) is 0 Å². The van der Waals surface area contributed by atoms with Crippen molar-refractivity contribution in [1.29, 1.82) is 0 Å². The molecule has 1 N–H and O–H groups in total. The Balaban J connectivity index is 1.85. The molecule has 1 aromatic heterocycles. The van der Waals surface area contributed by atoms with E-state index in [1.807, 2.05) is 12.4 Å². The van der Waals surface area contributed by atoms with Gasteiger partial charge in [0.2, 0.25) is 5.95 Å². The first-order valence-corrected chi connectivity index (χ1v) is 6.08. The first-order chi connectivity index (χ1) is 7.75. The topological polar surface area (TPSA) is 39.1 Å². The van der Waals surface area contributed by atoms with Gasteiger partial charge >= 0.3 is 0 Å². The fourth-order valence-corrected chi connectivity index (χ4v) is 2.00. The lowest BCUT2D eigenvalue weighted by Crippen LogP contribution is -2.17. The lowest BCUT2D eigenvalue weighted by atomic mass is 10.1. The van der Waals surface area contributed by atoms with E-state index in [1.54, 1.807) is 0 Å². The number of rotatable bonds is 5. The van der Waals surface area contributed by atoms with Crippen LogP contribution in [0.4, 0.5) is 5.95 Å². The van der Waals surface area contributed by atoms with Gasteiger partial charge in [-0.3, -0.25) is 0 Å². The van der Waals surface area contributed by atoms with Gasteiger partial charge < -0.3 is 14.6 Å². The molecule has 0 aliphatic carbocycles. The fourth-order valence-electron chi connectivity index (χ4n) is 2.00. The summed E-state index contributed by atoms with van der Waals surface area (Å²) in [5.41, 5.74) is 0. The van der Waals surface area contributed by atoms with E-state index in [4.69, 9.17) is 4.74 Å². The van der Waals surface area contributed by atoms with Crippen molar-refractivity contribution in [3.8, 4) is 0 Å². The van der Waals surface area contributed by atoms with Crippen LogP contribution in [-0.4, -0.2) is 29.3 Å². The van der Waals surface area contributed by atoms with E-state index >= 15 is 0 Å². The molecule has 1 unspecified atom stereocenters. The third-order valence-corrected chi connectivity index (χ3v) is 2.85. The van der Waals surface area contributed by atoms with Crippen LogP contribution in [0.25, 0.3) is 0 Å². The van der Waals surface area contributed by atoms with Crippen LogP contribution in [0.2, 0.25) is 0 Å². The Morgan fingerprint density at radius 2 is 2.50 bits per heavy atom. The minimum Gasteiger partial charge on any atom is -0.381 e. The number of imidazole rings is 1. The number of ether oxygens (including phenoxy) is 1. The summed E-state index contributed by atoms with van der Waals surface area (Å²) in [4.78, 5) is 4.34. The minimum atomic E-state index is 0.643. The Labute approximate surface area is 97.0 Å². The quantitative estimate of drug-likeness (QED) is 0.829. The molecular weight excluding hydrogens is 202 g/mol. The lowest BCUT2D eigenvalue weighted by Gasteiger charge is -2.13. The minimum absolute atomic E-state index is 0.643. The summed E-state index contributed by atoms with van der Waals surface area (Å²) in [6.45, 7) is 8.21. The second kappa shape index (κ2) is 5.34. The number of nitrogens with zero attached hydrogens (tertiary/aromatic N) is 2. The number of hydrogen-bond acceptors (Lipinski definition) is 3. The van der Waals surface area contributed by atoms with Gasteiger partial charge in [0.1, 0.15) is 0 Å². The van der Waals surface area contributed by atoms with Crippen LogP contribution in [-0.2, 0) is 11.3 Å². The maximum atomic E-state index is 5.35. The highest BCUT2D eigenvalue weighted by Gasteiger charge is 2.15. The Morgan fingerprint density at radius 1 is 1.62 bits per heavy atom. The average Bonchev–Trinajstić information content (AvgIpc) is 2.84. The van der Waals surface area contributed by atoms with Gasteiger partial charge in [0.05, 0.1) is 6.61 Å². The fraction of sp³-hybridized carbons (Fsp3) is 0.750. The summed E-state index contributed by atoms with van der Waals surface area (Å²) in [7, 11) is 0. The van der Waals surface area contributed by atoms with Crippen molar-refractivity contribution in [3.05, 3.63) is 12.4 Å². The molecule has 2 rings (SSSR count). The molecule has 16 heavy (non-hydrogen) atoms. The van der Waals surface area contributed by atoms with Crippen molar-refractivity contribution >= 4 is 5.95 Å². The molecule has 0 bridgehead atoms. The summed E-state index contributed by atoms with van der Waals surface area (Å²) in [5.74, 6) is 2.27. The van der Waals surface area contributed by atoms with E-state index in [-0.39, 0.29) is 0 Å². The Hall–Kier alpha value is -1.03. The van der Waals surface area contributed by atoms with E-state index < -0.39 is 0 Å². The van der Waals surface area contributed by atoms with E-state index in [0.29, 0.717) is 11.8 Å². The van der Waals surface area contributed by atoms with Crippen LogP contribution in [0, 0.1) is 11.8 Å². The van der Waals surface area contributed by atoms with Gasteiger partial charge in [-0.1, -0.05) is 13.8 Å². The Bertz CT molecular complexity index is 316. The summed E-state index contributed by atoms with van der Waals surface area (Å²) < 4.78 is 7.54. The van der Waals surface area contributed by atoms with Gasteiger partial charge in [-0.25, -0.2) is 4.98 Å². The standard InChI is InChI=1S/C12H21N3O/c1-10(2)8-15-5-4-13-12(15)14-7-11-3-6-16-9-11/h4-5,10-11H,3,6-9H2,1-2H3,(H,13,14). The van der Waals surface area contributed by atoms with Crippen LogP contribution in [0.5, 0.6) is 0 Å². The third-order valence-electron chi connectivity index (χ3n) is 2.85. The highest BCUT2D eigenvalue weighted by atomic mass is 16.5. The molecule has 0 spiro atoms. The van der Waals surface area contributed by atoms with E-state index in [2.05, 4.69) is 28.7 Å². The molecule has 1 saturated heterocycles. The van der Waals surface area contributed by atoms with Gasteiger partial charge in [-0.2, -0.15) is 0 Å². The zero-order valence-corrected chi connectivity index (χ0v) is 10.1. The van der Waals surface area contributed by atoms with Gasteiger partial charge in [0, 0.05) is 38.0 Å². The number of hydrogen-bond donors (Lipinski definition) is 1. The summed E-state index contributed by atoms with van der Waals surface area (Å²) in [5, 5.41) is 3.41. The monoisotopic (exact) mass is 223 g/mol. The third kappa shape index (κ3) is 2.98. The van der Waals surface area contributed by atoms with Crippen LogP contribution in [0.1, 0.15) is 20.3 Å². The maximum Gasteiger partial charge on any atom is 0.202 e. The van der Waals surface area contributed by atoms with E-state index in [9.17, 15) is 0 Å². The first-order valence-electron chi connectivity index (χ1n) is 6.08. The number of nitrogens with one attached hydrogen (secondary N) is 1. The van der Waals surface area contributed by atoms with Gasteiger partial charge in [-0.15, -0.1) is 0 Å². The smallest absolute Gasteiger partial charge is 0.202 e. The molecule has 4 nitrogen and oxygen atoms in total.